The number of benzene rings is 1. The van der Waals surface area contributed by atoms with Crippen LogP contribution < -0.4 is 14.8 Å². The largest absolute Gasteiger partial charge is 0.493 e. The molecule has 0 unspecified atom stereocenters. The van der Waals surface area contributed by atoms with Crippen LogP contribution in [0.1, 0.15) is 25.3 Å². The number of unbranched alkanes of at least 4 members (excludes halogenated alkanes) is 1. The molecule has 0 radical (unpaired) electrons. The summed E-state index contributed by atoms with van der Waals surface area (Å²) in [5.74, 6) is 0.179. The zero-order valence-corrected chi connectivity index (χ0v) is 15.7. The van der Waals surface area contributed by atoms with Crippen molar-refractivity contribution in [3.8, 4) is 11.5 Å². The van der Waals surface area contributed by atoms with E-state index >= 15 is 0 Å². The Labute approximate surface area is 158 Å². The molecule has 7 heteroatoms. The van der Waals surface area contributed by atoms with E-state index in [9.17, 15) is 9.59 Å². The maximum atomic E-state index is 12.5. The van der Waals surface area contributed by atoms with Crippen molar-refractivity contribution in [2.24, 2.45) is 0 Å². The molecule has 0 aliphatic carbocycles. The first kappa shape index (κ1) is 19.7. The number of nitrogens with zero attached hydrogens (tertiary/aromatic N) is 1. The first-order valence-corrected chi connectivity index (χ1v) is 8.73. The highest BCUT2D eigenvalue weighted by atomic mass is 32.1. The third kappa shape index (κ3) is 4.49. The molecule has 0 bridgehead atoms. The summed E-state index contributed by atoms with van der Waals surface area (Å²) in [4.78, 5) is 26.0. The second-order valence-corrected chi connectivity index (χ2v) is 6.02. The van der Waals surface area contributed by atoms with E-state index in [0.717, 1.165) is 12.8 Å². The van der Waals surface area contributed by atoms with Crippen molar-refractivity contribution < 1.29 is 19.1 Å². The van der Waals surface area contributed by atoms with Crippen LogP contribution in [0.2, 0.25) is 0 Å². The second kappa shape index (κ2) is 9.15. The van der Waals surface area contributed by atoms with Crippen LogP contribution in [0.15, 0.2) is 36.4 Å². The topological polar surface area (TPSA) is 67.9 Å². The number of methoxy groups -OCH3 is 1. The third-order valence-corrected chi connectivity index (χ3v) is 4.07. The molecule has 1 aliphatic rings. The Morgan fingerprint density at radius 2 is 2.08 bits per heavy atom. The second-order valence-electron chi connectivity index (χ2n) is 5.63. The first-order chi connectivity index (χ1) is 12.5. The van der Waals surface area contributed by atoms with Gasteiger partial charge >= 0.3 is 0 Å². The van der Waals surface area contributed by atoms with Crippen LogP contribution >= 0.6 is 12.2 Å². The van der Waals surface area contributed by atoms with Gasteiger partial charge in [-0.15, -0.1) is 6.58 Å². The van der Waals surface area contributed by atoms with E-state index in [0.29, 0.717) is 23.7 Å². The molecule has 1 aliphatic heterocycles. The molecule has 138 valence electrons. The molecule has 2 rings (SSSR count). The third-order valence-electron chi connectivity index (χ3n) is 3.75. The fourth-order valence-electron chi connectivity index (χ4n) is 2.38. The zero-order chi connectivity index (χ0) is 19.1. The number of hydrogen-bond donors (Lipinski definition) is 1. The number of ether oxygens (including phenoxy) is 2. The van der Waals surface area contributed by atoms with Gasteiger partial charge in [0.15, 0.2) is 16.6 Å². The Morgan fingerprint density at radius 3 is 2.73 bits per heavy atom. The van der Waals surface area contributed by atoms with E-state index in [1.807, 2.05) is 0 Å². The fourth-order valence-corrected chi connectivity index (χ4v) is 2.63. The van der Waals surface area contributed by atoms with Crippen molar-refractivity contribution in [1.29, 1.82) is 0 Å². The smallest absolute Gasteiger partial charge is 0.265 e. The van der Waals surface area contributed by atoms with Crippen LogP contribution in [-0.4, -0.2) is 42.1 Å². The molecule has 1 aromatic carbocycles. The number of rotatable bonds is 8. The summed E-state index contributed by atoms with van der Waals surface area (Å²) in [5, 5.41) is 2.59. The molecule has 1 N–H and O–H groups in total. The van der Waals surface area contributed by atoms with Gasteiger partial charge in [0.2, 0.25) is 0 Å². The Morgan fingerprint density at radius 1 is 1.31 bits per heavy atom. The molecule has 0 aromatic heterocycles. The van der Waals surface area contributed by atoms with E-state index < -0.39 is 11.8 Å². The van der Waals surface area contributed by atoms with Gasteiger partial charge in [-0.3, -0.25) is 19.8 Å². The van der Waals surface area contributed by atoms with Gasteiger partial charge in [-0.25, -0.2) is 0 Å². The van der Waals surface area contributed by atoms with Gasteiger partial charge in [-0.05, 0) is 42.4 Å². The van der Waals surface area contributed by atoms with Gasteiger partial charge in [-0.2, -0.15) is 0 Å². The molecule has 26 heavy (non-hydrogen) atoms. The predicted molar refractivity (Wildman–Crippen MR) is 104 cm³/mol. The lowest BCUT2D eigenvalue weighted by Gasteiger charge is -2.27. The zero-order valence-electron chi connectivity index (χ0n) is 14.9. The molecular formula is C19H22N2O4S. The molecule has 6 nitrogen and oxygen atoms in total. The molecule has 0 saturated carbocycles. The maximum Gasteiger partial charge on any atom is 0.265 e. The molecule has 0 spiro atoms. The standard InChI is InChI=1S/C19H22N2O4S/c1-4-6-10-25-15-8-7-13(12-16(15)24-3)11-14-17(22)20-19(26)21(9-5-2)18(14)23/h5,7-8,11-12H,2,4,6,9-10H2,1,3H3,(H,20,22,26)/b14-11+. The highest BCUT2D eigenvalue weighted by molar-refractivity contribution is 7.80. The van der Waals surface area contributed by atoms with Gasteiger partial charge in [0.25, 0.3) is 11.8 Å². The minimum absolute atomic E-state index is 0.00199. The number of nitrogens with one attached hydrogen (secondary N) is 1. The summed E-state index contributed by atoms with van der Waals surface area (Å²) in [7, 11) is 1.54. The number of carbonyl (C=O) groups is 2. The molecule has 1 saturated heterocycles. The average Bonchev–Trinajstić information content (AvgIpc) is 2.63. The van der Waals surface area contributed by atoms with Gasteiger partial charge in [-0.1, -0.05) is 25.5 Å². The van der Waals surface area contributed by atoms with E-state index in [1.54, 1.807) is 31.4 Å². The predicted octanol–water partition coefficient (Wildman–Crippen LogP) is 2.69. The summed E-state index contributed by atoms with van der Waals surface area (Å²) >= 11 is 5.03. The molecule has 1 fully saturated rings. The highest BCUT2D eigenvalue weighted by Crippen LogP contribution is 2.29. The van der Waals surface area contributed by atoms with Gasteiger partial charge < -0.3 is 9.47 Å². The lowest BCUT2D eigenvalue weighted by molar-refractivity contribution is -0.128. The van der Waals surface area contributed by atoms with Crippen LogP contribution in [-0.2, 0) is 9.59 Å². The SMILES string of the molecule is C=CCN1C(=O)/C(=C/c2ccc(OCCCC)c(OC)c2)C(=O)NC1=S. The number of thiocarbonyl (C=S) groups is 1. The highest BCUT2D eigenvalue weighted by Gasteiger charge is 2.32. The molecular weight excluding hydrogens is 352 g/mol. The summed E-state index contributed by atoms with van der Waals surface area (Å²) in [6.45, 7) is 6.51. The van der Waals surface area contributed by atoms with E-state index in [4.69, 9.17) is 21.7 Å². The van der Waals surface area contributed by atoms with Gasteiger partial charge in [0.05, 0.1) is 13.7 Å². The van der Waals surface area contributed by atoms with E-state index in [-0.39, 0.29) is 17.2 Å². The molecule has 0 atom stereocenters. The lowest BCUT2D eigenvalue weighted by atomic mass is 10.1. The van der Waals surface area contributed by atoms with Crippen LogP contribution in [0, 0.1) is 0 Å². The average molecular weight is 374 g/mol. The lowest BCUT2D eigenvalue weighted by Crippen LogP contribution is -2.53. The van der Waals surface area contributed by atoms with Crippen molar-refractivity contribution >= 4 is 35.2 Å². The molecule has 1 heterocycles. The molecule has 2 amide bonds. The minimum Gasteiger partial charge on any atom is -0.493 e. The van der Waals surface area contributed by atoms with Crippen molar-refractivity contribution in [3.63, 3.8) is 0 Å². The van der Waals surface area contributed by atoms with Gasteiger partial charge in [0, 0.05) is 6.54 Å². The van der Waals surface area contributed by atoms with Crippen LogP contribution in [0.3, 0.4) is 0 Å². The van der Waals surface area contributed by atoms with Crippen molar-refractivity contribution in [2.75, 3.05) is 20.3 Å². The van der Waals surface area contributed by atoms with E-state index in [1.165, 1.54) is 11.0 Å². The Kier molecular flexibility index (Phi) is 6.91. The first-order valence-electron chi connectivity index (χ1n) is 8.32. The Hall–Kier alpha value is -2.67. The van der Waals surface area contributed by atoms with Crippen molar-refractivity contribution in [1.82, 2.24) is 10.2 Å². The number of amides is 2. The molecule has 1 aromatic rings. The van der Waals surface area contributed by atoms with E-state index in [2.05, 4.69) is 18.8 Å². The van der Waals surface area contributed by atoms with Crippen LogP contribution in [0.4, 0.5) is 0 Å². The van der Waals surface area contributed by atoms with Crippen LogP contribution in [0.25, 0.3) is 6.08 Å². The van der Waals surface area contributed by atoms with Crippen molar-refractivity contribution in [3.05, 3.63) is 42.0 Å². The normalized spacial score (nSPS) is 15.8. The Balaban J connectivity index is 2.29. The number of hydrogen-bond acceptors (Lipinski definition) is 5. The monoisotopic (exact) mass is 374 g/mol. The summed E-state index contributed by atoms with van der Waals surface area (Å²) in [6, 6.07) is 5.25. The quantitative estimate of drug-likeness (QED) is 0.249. The summed E-state index contributed by atoms with van der Waals surface area (Å²) in [6.07, 6.45) is 5.04. The minimum atomic E-state index is -0.525. The fraction of sp³-hybridized carbons (Fsp3) is 0.316. The van der Waals surface area contributed by atoms with Crippen molar-refractivity contribution in [2.45, 2.75) is 19.8 Å². The maximum absolute atomic E-state index is 12.5. The van der Waals surface area contributed by atoms with Gasteiger partial charge in [0.1, 0.15) is 5.57 Å². The number of carbonyl (C=O) groups excluding carboxylic acids is 2. The summed E-state index contributed by atoms with van der Waals surface area (Å²) < 4.78 is 11.0. The van der Waals surface area contributed by atoms with Crippen LogP contribution in [0.5, 0.6) is 11.5 Å². The summed E-state index contributed by atoms with van der Waals surface area (Å²) in [5.41, 5.74) is 0.650. The Bertz CT molecular complexity index is 758.